The van der Waals surface area contributed by atoms with Crippen LogP contribution < -0.4 is 10.2 Å². The lowest BCUT2D eigenvalue weighted by atomic mass is 9.98. The molecule has 1 saturated heterocycles. The summed E-state index contributed by atoms with van der Waals surface area (Å²) in [5.74, 6) is 2.30. The highest BCUT2D eigenvalue weighted by molar-refractivity contribution is 5.40. The predicted octanol–water partition coefficient (Wildman–Crippen LogP) is 2.43. The van der Waals surface area contributed by atoms with Crippen molar-refractivity contribution >= 4 is 5.82 Å². The van der Waals surface area contributed by atoms with Crippen molar-refractivity contribution in [2.75, 3.05) is 31.1 Å². The zero-order chi connectivity index (χ0) is 13.7. The number of anilines is 1. The average molecular weight is 262 g/mol. The Morgan fingerprint density at radius 2 is 2.26 bits per heavy atom. The summed E-state index contributed by atoms with van der Waals surface area (Å²) in [5, 5.41) is 3.46. The Morgan fingerprint density at radius 1 is 1.42 bits per heavy atom. The third-order valence-corrected chi connectivity index (χ3v) is 3.79. The first-order valence-electron chi connectivity index (χ1n) is 7.48. The molecule has 1 aliphatic heterocycles. The van der Waals surface area contributed by atoms with E-state index in [1.807, 2.05) is 0 Å². The fraction of sp³-hybridized carbons (Fsp3) is 0.733. The maximum Gasteiger partial charge on any atom is 0.132 e. The number of rotatable bonds is 5. The van der Waals surface area contributed by atoms with Gasteiger partial charge in [0, 0.05) is 24.8 Å². The summed E-state index contributed by atoms with van der Waals surface area (Å²) in [6.45, 7) is 10.9. The quantitative estimate of drug-likeness (QED) is 0.885. The van der Waals surface area contributed by atoms with E-state index >= 15 is 0 Å². The molecule has 2 rings (SSSR count). The highest BCUT2D eigenvalue weighted by atomic mass is 15.2. The monoisotopic (exact) mass is 262 g/mol. The predicted molar refractivity (Wildman–Crippen MR) is 79.6 cm³/mol. The molecule has 0 amide bonds. The van der Waals surface area contributed by atoms with Crippen molar-refractivity contribution in [3.05, 3.63) is 18.1 Å². The van der Waals surface area contributed by atoms with Crippen LogP contribution in [0.3, 0.4) is 0 Å². The summed E-state index contributed by atoms with van der Waals surface area (Å²) in [7, 11) is 0. The molecule has 2 heterocycles. The van der Waals surface area contributed by atoms with Crippen molar-refractivity contribution in [1.29, 1.82) is 0 Å². The summed E-state index contributed by atoms with van der Waals surface area (Å²) < 4.78 is 0. The molecule has 1 aromatic heterocycles. The van der Waals surface area contributed by atoms with Crippen molar-refractivity contribution in [1.82, 2.24) is 15.3 Å². The fourth-order valence-electron chi connectivity index (χ4n) is 2.64. The fourth-order valence-corrected chi connectivity index (χ4v) is 2.64. The number of piperidine rings is 1. The van der Waals surface area contributed by atoms with Crippen molar-refractivity contribution in [2.45, 2.75) is 39.5 Å². The maximum absolute atomic E-state index is 4.45. The van der Waals surface area contributed by atoms with Gasteiger partial charge in [0.15, 0.2) is 0 Å². The van der Waals surface area contributed by atoms with Crippen LogP contribution in [0.5, 0.6) is 0 Å². The van der Waals surface area contributed by atoms with E-state index in [0.717, 1.165) is 43.6 Å². The first-order chi connectivity index (χ1) is 9.20. The summed E-state index contributed by atoms with van der Waals surface area (Å²) in [6.07, 6.45) is 4.29. The third kappa shape index (κ3) is 3.90. The van der Waals surface area contributed by atoms with Gasteiger partial charge in [-0.25, -0.2) is 9.97 Å². The minimum Gasteiger partial charge on any atom is -0.356 e. The highest BCUT2D eigenvalue weighted by Crippen LogP contribution is 2.23. The Bertz CT molecular complexity index is 391. The van der Waals surface area contributed by atoms with Crippen LogP contribution in [-0.4, -0.2) is 36.1 Å². The average Bonchev–Trinajstić information content (AvgIpc) is 2.45. The zero-order valence-corrected chi connectivity index (χ0v) is 12.4. The van der Waals surface area contributed by atoms with Gasteiger partial charge in [0.1, 0.15) is 12.1 Å². The number of aromatic nitrogens is 2. The van der Waals surface area contributed by atoms with E-state index in [1.165, 1.54) is 12.8 Å². The third-order valence-electron chi connectivity index (χ3n) is 3.79. The Labute approximate surface area is 116 Å². The Balaban J connectivity index is 2.02. The van der Waals surface area contributed by atoms with Crippen LogP contribution in [-0.2, 0) is 0 Å². The number of hydrogen-bond donors (Lipinski definition) is 1. The van der Waals surface area contributed by atoms with E-state index in [2.05, 4.69) is 47.0 Å². The summed E-state index contributed by atoms with van der Waals surface area (Å²) in [6, 6.07) is 2.15. The number of nitrogens with one attached hydrogen (secondary N) is 1. The second-order valence-electron chi connectivity index (χ2n) is 5.72. The van der Waals surface area contributed by atoms with E-state index in [-0.39, 0.29) is 0 Å². The van der Waals surface area contributed by atoms with Crippen LogP contribution in [0.1, 0.15) is 45.2 Å². The van der Waals surface area contributed by atoms with Crippen LogP contribution in [0.15, 0.2) is 12.4 Å². The van der Waals surface area contributed by atoms with Crippen LogP contribution in [0.2, 0.25) is 0 Å². The molecule has 0 saturated carbocycles. The largest absolute Gasteiger partial charge is 0.356 e. The molecule has 4 nitrogen and oxygen atoms in total. The second kappa shape index (κ2) is 6.85. The van der Waals surface area contributed by atoms with Gasteiger partial charge in [0.2, 0.25) is 0 Å². The molecular weight excluding hydrogens is 236 g/mol. The van der Waals surface area contributed by atoms with Gasteiger partial charge in [-0.15, -0.1) is 0 Å². The molecule has 1 unspecified atom stereocenters. The topological polar surface area (TPSA) is 41.0 Å². The Morgan fingerprint density at radius 3 is 3.00 bits per heavy atom. The molecule has 0 radical (unpaired) electrons. The van der Waals surface area contributed by atoms with Gasteiger partial charge < -0.3 is 10.2 Å². The number of hydrogen-bond acceptors (Lipinski definition) is 4. The lowest BCUT2D eigenvalue weighted by Gasteiger charge is -2.33. The summed E-state index contributed by atoms with van der Waals surface area (Å²) in [4.78, 5) is 11.2. The molecule has 0 bridgehead atoms. The molecule has 106 valence electrons. The summed E-state index contributed by atoms with van der Waals surface area (Å²) in [5.41, 5.74) is 1.14. The van der Waals surface area contributed by atoms with E-state index in [9.17, 15) is 0 Å². The van der Waals surface area contributed by atoms with Gasteiger partial charge >= 0.3 is 0 Å². The molecule has 1 fully saturated rings. The van der Waals surface area contributed by atoms with E-state index in [4.69, 9.17) is 0 Å². The Kier molecular flexibility index (Phi) is 5.14. The van der Waals surface area contributed by atoms with E-state index in [0.29, 0.717) is 5.92 Å². The second-order valence-corrected chi connectivity index (χ2v) is 5.72. The molecule has 1 atom stereocenters. The first kappa shape index (κ1) is 14.3. The molecule has 1 N–H and O–H groups in total. The molecule has 0 spiro atoms. The Hall–Kier alpha value is -1.16. The molecule has 0 aliphatic carbocycles. The molecule has 1 aromatic rings. The van der Waals surface area contributed by atoms with Crippen LogP contribution >= 0.6 is 0 Å². The minimum absolute atomic E-state index is 0.462. The SMILES string of the molecule is CCNCC1CCCN(c2cc(C(C)C)ncn2)C1. The van der Waals surface area contributed by atoms with Crippen LogP contribution in [0.25, 0.3) is 0 Å². The molecule has 19 heavy (non-hydrogen) atoms. The standard InChI is InChI=1S/C15H26N4/c1-4-16-9-13-6-5-7-19(10-13)15-8-14(12(2)3)17-11-18-15/h8,11-13,16H,4-7,9-10H2,1-3H3. The van der Waals surface area contributed by atoms with Crippen molar-refractivity contribution < 1.29 is 0 Å². The maximum atomic E-state index is 4.45. The molecular formula is C15H26N4. The molecule has 4 heteroatoms. The van der Waals surface area contributed by atoms with Gasteiger partial charge in [-0.2, -0.15) is 0 Å². The van der Waals surface area contributed by atoms with Crippen molar-refractivity contribution in [2.24, 2.45) is 5.92 Å². The lowest BCUT2D eigenvalue weighted by Crippen LogP contribution is -2.40. The highest BCUT2D eigenvalue weighted by Gasteiger charge is 2.21. The van der Waals surface area contributed by atoms with E-state index < -0.39 is 0 Å². The molecule has 0 aromatic carbocycles. The lowest BCUT2D eigenvalue weighted by molar-refractivity contribution is 0.394. The molecule has 1 aliphatic rings. The van der Waals surface area contributed by atoms with Gasteiger partial charge in [0.25, 0.3) is 0 Å². The zero-order valence-electron chi connectivity index (χ0n) is 12.4. The normalized spacial score (nSPS) is 20.0. The van der Waals surface area contributed by atoms with Gasteiger partial charge in [-0.05, 0) is 37.8 Å². The van der Waals surface area contributed by atoms with E-state index in [1.54, 1.807) is 6.33 Å². The smallest absolute Gasteiger partial charge is 0.132 e. The minimum atomic E-state index is 0.462. The van der Waals surface area contributed by atoms with Crippen LogP contribution in [0, 0.1) is 5.92 Å². The summed E-state index contributed by atoms with van der Waals surface area (Å²) >= 11 is 0. The first-order valence-corrected chi connectivity index (χ1v) is 7.48. The van der Waals surface area contributed by atoms with Crippen molar-refractivity contribution in [3.8, 4) is 0 Å². The van der Waals surface area contributed by atoms with Gasteiger partial charge in [-0.3, -0.25) is 0 Å². The number of nitrogens with zero attached hydrogens (tertiary/aromatic N) is 3. The van der Waals surface area contributed by atoms with Crippen molar-refractivity contribution in [3.63, 3.8) is 0 Å². The van der Waals surface area contributed by atoms with Crippen LogP contribution in [0.4, 0.5) is 5.82 Å². The van der Waals surface area contributed by atoms with Gasteiger partial charge in [0.05, 0.1) is 0 Å². The van der Waals surface area contributed by atoms with Gasteiger partial charge in [-0.1, -0.05) is 20.8 Å².